The number of methoxy groups -OCH3 is 1. The number of carbonyl (C=O) groups excluding carboxylic acids is 3. The lowest BCUT2D eigenvalue weighted by Crippen LogP contribution is -2.40. The fourth-order valence-corrected chi connectivity index (χ4v) is 3.76. The third-order valence-corrected chi connectivity index (χ3v) is 5.63. The number of nitrogens with one attached hydrogen (secondary N) is 1. The molecule has 0 bridgehead atoms. The second kappa shape index (κ2) is 11.8. The number of anilines is 1. The summed E-state index contributed by atoms with van der Waals surface area (Å²) in [5.41, 5.74) is 1.67. The van der Waals surface area contributed by atoms with E-state index in [-0.39, 0.29) is 37.2 Å². The van der Waals surface area contributed by atoms with Gasteiger partial charge in [-0.05, 0) is 48.9 Å². The van der Waals surface area contributed by atoms with Crippen LogP contribution in [0.25, 0.3) is 0 Å². The van der Waals surface area contributed by atoms with E-state index >= 15 is 0 Å². The number of pyridine rings is 1. The molecule has 2 aromatic carbocycles. The molecule has 3 aromatic rings. The number of fused-ring (bicyclic) bond motifs is 1. The number of amides is 2. The van der Waals surface area contributed by atoms with Crippen LogP contribution in [0.5, 0.6) is 17.2 Å². The Morgan fingerprint density at radius 2 is 1.89 bits per heavy atom. The summed E-state index contributed by atoms with van der Waals surface area (Å²) in [5.74, 6) is 0.898. The topological polar surface area (TPSA) is 107 Å². The molecular weight excluding hydrogens is 462 g/mol. The zero-order valence-corrected chi connectivity index (χ0v) is 19.9. The molecule has 0 spiro atoms. The third kappa shape index (κ3) is 6.18. The van der Waals surface area contributed by atoms with Crippen LogP contribution < -0.4 is 24.4 Å². The van der Waals surface area contributed by atoms with E-state index in [1.54, 1.807) is 47.5 Å². The number of para-hydroxylation sites is 2. The Morgan fingerprint density at radius 3 is 2.67 bits per heavy atom. The van der Waals surface area contributed by atoms with Gasteiger partial charge in [-0.1, -0.05) is 18.2 Å². The summed E-state index contributed by atoms with van der Waals surface area (Å²) < 4.78 is 16.4. The quantitative estimate of drug-likeness (QED) is 0.412. The van der Waals surface area contributed by atoms with Gasteiger partial charge in [-0.15, -0.1) is 0 Å². The SMILES string of the molecule is COc1ccccc1OCC(=O)c1ccc2c(c1)N(CCCC(=O)NCc1ccccn1)C(=O)CO2. The molecule has 0 saturated carbocycles. The molecule has 2 heterocycles. The molecule has 0 radical (unpaired) electrons. The van der Waals surface area contributed by atoms with Crippen molar-refractivity contribution in [1.29, 1.82) is 0 Å². The minimum atomic E-state index is -0.254. The predicted molar refractivity (Wildman–Crippen MR) is 132 cm³/mol. The summed E-state index contributed by atoms with van der Waals surface area (Å²) in [5, 5.41) is 2.83. The maximum absolute atomic E-state index is 12.8. The van der Waals surface area contributed by atoms with Gasteiger partial charge in [0.15, 0.2) is 30.5 Å². The van der Waals surface area contributed by atoms with E-state index in [0.29, 0.717) is 48.0 Å². The zero-order valence-electron chi connectivity index (χ0n) is 19.9. The highest BCUT2D eigenvalue weighted by molar-refractivity contribution is 6.02. The molecule has 0 atom stereocenters. The molecule has 1 N–H and O–H groups in total. The number of aromatic nitrogens is 1. The van der Waals surface area contributed by atoms with Gasteiger partial charge in [0.05, 0.1) is 25.0 Å². The summed E-state index contributed by atoms with van der Waals surface area (Å²) in [6.45, 7) is 0.385. The van der Waals surface area contributed by atoms with Gasteiger partial charge in [-0.3, -0.25) is 19.4 Å². The number of benzene rings is 2. The van der Waals surface area contributed by atoms with E-state index in [4.69, 9.17) is 14.2 Å². The normalized spacial score (nSPS) is 12.4. The van der Waals surface area contributed by atoms with Crippen LogP contribution in [-0.2, 0) is 16.1 Å². The van der Waals surface area contributed by atoms with Gasteiger partial charge < -0.3 is 24.4 Å². The first-order valence-electron chi connectivity index (χ1n) is 11.6. The Labute approximate surface area is 209 Å². The van der Waals surface area contributed by atoms with Crippen molar-refractivity contribution in [2.24, 2.45) is 0 Å². The zero-order chi connectivity index (χ0) is 25.3. The average Bonchev–Trinajstić information content (AvgIpc) is 2.92. The summed E-state index contributed by atoms with van der Waals surface area (Å²) in [4.78, 5) is 43.4. The number of hydrogen-bond acceptors (Lipinski definition) is 7. The monoisotopic (exact) mass is 489 g/mol. The van der Waals surface area contributed by atoms with Gasteiger partial charge in [0.1, 0.15) is 5.75 Å². The Morgan fingerprint density at radius 1 is 1.08 bits per heavy atom. The van der Waals surface area contributed by atoms with E-state index in [2.05, 4.69) is 10.3 Å². The fourth-order valence-electron chi connectivity index (χ4n) is 3.76. The Balaban J connectivity index is 1.35. The van der Waals surface area contributed by atoms with Crippen molar-refractivity contribution < 1.29 is 28.6 Å². The van der Waals surface area contributed by atoms with E-state index in [1.807, 2.05) is 24.3 Å². The number of carbonyl (C=O) groups is 3. The fraction of sp³-hybridized carbons (Fsp3) is 0.259. The second-order valence-corrected chi connectivity index (χ2v) is 8.08. The molecule has 0 fully saturated rings. The lowest BCUT2D eigenvalue weighted by Gasteiger charge is -2.29. The third-order valence-electron chi connectivity index (χ3n) is 5.63. The molecule has 1 aliphatic rings. The summed E-state index contributed by atoms with van der Waals surface area (Å²) in [6, 6.07) is 17.5. The average molecular weight is 490 g/mol. The Bertz CT molecular complexity index is 1230. The maximum Gasteiger partial charge on any atom is 0.265 e. The van der Waals surface area contributed by atoms with Crippen molar-refractivity contribution in [1.82, 2.24) is 10.3 Å². The minimum absolute atomic E-state index is 0.0942. The van der Waals surface area contributed by atoms with E-state index in [0.717, 1.165) is 5.69 Å². The number of hydrogen-bond donors (Lipinski definition) is 1. The molecule has 2 amide bonds. The maximum atomic E-state index is 12.8. The molecule has 36 heavy (non-hydrogen) atoms. The van der Waals surface area contributed by atoms with Crippen LogP contribution in [0.15, 0.2) is 66.9 Å². The largest absolute Gasteiger partial charge is 0.493 e. The molecular formula is C27H27N3O6. The van der Waals surface area contributed by atoms with Gasteiger partial charge in [0.25, 0.3) is 5.91 Å². The lowest BCUT2D eigenvalue weighted by molar-refractivity contribution is -0.123. The first-order chi connectivity index (χ1) is 17.5. The van der Waals surface area contributed by atoms with Crippen LogP contribution in [-0.4, -0.2) is 49.4 Å². The highest BCUT2D eigenvalue weighted by Crippen LogP contribution is 2.33. The van der Waals surface area contributed by atoms with Crippen molar-refractivity contribution in [3.05, 3.63) is 78.1 Å². The van der Waals surface area contributed by atoms with E-state index in [9.17, 15) is 14.4 Å². The molecule has 1 aromatic heterocycles. The summed E-state index contributed by atoms with van der Waals surface area (Å²) in [6.07, 6.45) is 2.37. The van der Waals surface area contributed by atoms with Crippen LogP contribution in [0.4, 0.5) is 5.69 Å². The lowest BCUT2D eigenvalue weighted by atomic mass is 10.1. The van der Waals surface area contributed by atoms with Crippen molar-refractivity contribution in [2.45, 2.75) is 19.4 Å². The number of ether oxygens (including phenoxy) is 3. The smallest absolute Gasteiger partial charge is 0.265 e. The minimum Gasteiger partial charge on any atom is -0.493 e. The molecule has 9 heteroatoms. The van der Waals surface area contributed by atoms with Gasteiger partial charge in [0.2, 0.25) is 5.91 Å². The van der Waals surface area contributed by atoms with Gasteiger partial charge in [-0.25, -0.2) is 0 Å². The van der Waals surface area contributed by atoms with Crippen LogP contribution in [0, 0.1) is 0 Å². The molecule has 0 aliphatic carbocycles. The molecule has 0 saturated heterocycles. The number of rotatable bonds is 11. The second-order valence-electron chi connectivity index (χ2n) is 8.08. The Kier molecular flexibility index (Phi) is 8.12. The highest BCUT2D eigenvalue weighted by atomic mass is 16.5. The van der Waals surface area contributed by atoms with Gasteiger partial charge in [0, 0.05) is 24.7 Å². The van der Waals surface area contributed by atoms with E-state index in [1.165, 1.54) is 7.11 Å². The van der Waals surface area contributed by atoms with Crippen LogP contribution in [0.3, 0.4) is 0 Å². The number of nitrogens with zero attached hydrogens (tertiary/aromatic N) is 2. The highest BCUT2D eigenvalue weighted by Gasteiger charge is 2.26. The number of Topliss-reactive ketones (excluding diaryl/α,β-unsaturated/α-hetero) is 1. The van der Waals surface area contributed by atoms with E-state index < -0.39 is 0 Å². The molecule has 0 unspecified atom stereocenters. The molecule has 1 aliphatic heterocycles. The van der Waals surface area contributed by atoms with Gasteiger partial charge >= 0.3 is 0 Å². The predicted octanol–water partition coefficient (Wildman–Crippen LogP) is 3.17. The van der Waals surface area contributed by atoms with Crippen molar-refractivity contribution in [3.63, 3.8) is 0 Å². The standard InChI is InChI=1S/C27H27N3O6/c1-34-24-8-2-3-9-25(24)35-17-22(31)19-11-12-23-21(15-19)30(27(33)18-36-23)14-6-10-26(32)29-16-20-7-4-5-13-28-20/h2-5,7-9,11-13,15H,6,10,14,16-18H2,1H3,(H,29,32). The van der Waals surface area contributed by atoms with Crippen molar-refractivity contribution >= 4 is 23.3 Å². The van der Waals surface area contributed by atoms with Crippen LogP contribution in [0.2, 0.25) is 0 Å². The van der Waals surface area contributed by atoms with Gasteiger partial charge in [-0.2, -0.15) is 0 Å². The number of ketones is 1. The first-order valence-corrected chi connectivity index (χ1v) is 11.6. The Hall–Kier alpha value is -4.40. The summed E-state index contributed by atoms with van der Waals surface area (Å²) in [7, 11) is 1.53. The van der Waals surface area contributed by atoms with Crippen LogP contribution >= 0.6 is 0 Å². The first kappa shape index (κ1) is 24.7. The molecule has 9 nitrogen and oxygen atoms in total. The molecule has 186 valence electrons. The van der Waals surface area contributed by atoms with Crippen molar-refractivity contribution in [3.8, 4) is 17.2 Å². The van der Waals surface area contributed by atoms with Crippen LogP contribution in [0.1, 0.15) is 28.9 Å². The van der Waals surface area contributed by atoms with Crippen molar-refractivity contribution in [2.75, 3.05) is 31.8 Å². The summed E-state index contributed by atoms with van der Waals surface area (Å²) >= 11 is 0. The molecule has 4 rings (SSSR count).